The molecule has 6 nitrogen and oxygen atoms in total. The number of methoxy groups -OCH3 is 2. The Kier molecular flexibility index (Phi) is 4.91. The van der Waals surface area contributed by atoms with Gasteiger partial charge in [-0.15, -0.1) is 0 Å². The van der Waals surface area contributed by atoms with Gasteiger partial charge in [-0.1, -0.05) is 6.07 Å². The Balaban J connectivity index is 1.63. The minimum Gasteiger partial charge on any atom is -0.497 e. The van der Waals surface area contributed by atoms with Gasteiger partial charge >= 0.3 is 0 Å². The van der Waals surface area contributed by atoms with Crippen molar-refractivity contribution in [1.82, 2.24) is 9.38 Å². The fourth-order valence-electron chi connectivity index (χ4n) is 3.23. The van der Waals surface area contributed by atoms with Crippen molar-refractivity contribution in [2.24, 2.45) is 0 Å². The van der Waals surface area contributed by atoms with Crippen molar-refractivity contribution >= 4 is 17.2 Å². The van der Waals surface area contributed by atoms with E-state index < -0.39 is 0 Å². The van der Waals surface area contributed by atoms with Crippen LogP contribution < -0.4 is 14.8 Å². The molecule has 4 rings (SSSR count). The fourth-order valence-corrected chi connectivity index (χ4v) is 3.23. The zero-order chi connectivity index (χ0) is 20.4. The predicted molar refractivity (Wildman–Crippen MR) is 113 cm³/mol. The second-order valence-electron chi connectivity index (χ2n) is 6.61. The summed E-state index contributed by atoms with van der Waals surface area (Å²) in [4.78, 5) is 17.3. The molecule has 1 amide bonds. The average molecular weight is 387 g/mol. The number of hydrogen-bond donors (Lipinski definition) is 1. The summed E-state index contributed by atoms with van der Waals surface area (Å²) in [6.45, 7) is 2.01. The van der Waals surface area contributed by atoms with Crippen molar-refractivity contribution in [2.75, 3.05) is 19.5 Å². The first kappa shape index (κ1) is 18.6. The lowest BCUT2D eigenvalue weighted by atomic mass is 10.1. The molecular formula is C23H21N3O3. The minimum atomic E-state index is -0.198. The van der Waals surface area contributed by atoms with Gasteiger partial charge in [0.15, 0.2) is 0 Å². The number of aryl methyl sites for hydroxylation is 1. The maximum Gasteiger partial charge on any atom is 0.255 e. The molecule has 6 heteroatoms. The van der Waals surface area contributed by atoms with Crippen LogP contribution in [0.15, 0.2) is 66.9 Å². The molecule has 0 aliphatic carbocycles. The fraction of sp³-hybridized carbons (Fsp3) is 0.130. The Bertz CT molecular complexity index is 1180. The number of ether oxygens (including phenoxy) is 2. The summed E-state index contributed by atoms with van der Waals surface area (Å²) in [5.74, 6) is 1.25. The van der Waals surface area contributed by atoms with Crippen molar-refractivity contribution < 1.29 is 14.3 Å². The van der Waals surface area contributed by atoms with Crippen LogP contribution in [-0.2, 0) is 0 Å². The van der Waals surface area contributed by atoms with Crippen LogP contribution >= 0.6 is 0 Å². The molecule has 0 aliphatic heterocycles. The third kappa shape index (κ3) is 3.65. The van der Waals surface area contributed by atoms with E-state index in [2.05, 4.69) is 5.32 Å². The summed E-state index contributed by atoms with van der Waals surface area (Å²) < 4.78 is 12.4. The SMILES string of the molecule is COc1ccc(-c2nc3ccc(NC(=O)c4cccc(OC)c4)cn3c2C)cc1. The zero-order valence-corrected chi connectivity index (χ0v) is 16.5. The van der Waals surface area contributed by atoms with E-state index in [0.29, 0.717) is 17.0 Å². The number of carbonyl (C=O) groups excluding carboxylic acids is 1. The number of imidazole rings is 1. The lowest BCUT2D eigenvalue weighted by molar-refractivity contribution is 0.102. The van der Waals surface area contributed by atoms with E-state index >= 15 is 0 Å². The smallest absolute Gasteiger partial charge is 0.255 e. The molecule has 0 fully saturated rings. The molecule has 0 radical (unpaired) electrons. The highest BCUT2D eigenvalue weighted by Crippen LogP contribution is 2.27. The van der Waals surface area contributed by atoms with E-state index in [-0.39, 0.29) is 5.91 Å². The number of hydrogen-bond acceptors (Lipinski definition) is 4. The monoisotopic (exact) mass is 387 g/mol. The first-order valence-electron chi connectivity index (χ1n) is 9.17. The molecule has 2 aromatic carbocycles. The van der Waals surface area contributed by atoms with E-state index in [0.717, 1.165) is 28.3 Å². The number of pyridine rings is 1. The van der Waals surface area contributed by atoms with Gasteiger partial charge in [-0.2, -0.15) is 0 Å². The normalized spacial score (nSPS) is 10.7. The number of nitrogens with zero attached hydrogens (tertiary/aromatic N) is 2. The number of aromatic nitrogens is 2. The number of carbonyl (C=O) groups is 1. The minimum absolute atomic E-state index is 0.198. The summed E-state index contributed by atoms with van der Waals surface area (Å²) in [6.07, 6.45) is 1.88. The van der Waals surface area contributed by atoms with Gasteiger partial charge in [-0.05, 0) is 61.5 Å². The number of benzene rings is 2. The van der Waals surface area contributed by atoms with Crippen LogP contribution in [0.1, 0.15) is 16.1 Å². The molecule has 1 N–H and O–H groups in total. The average Bonchev–Trinajstić information content (AvgIpc) is 3.10. The lowest BCUT2D eigenvalue weighted by Gasteiger charge is -2.08. The number of nitrogens with one attached hydrogen (secondary N) is 1. The maximum absolute atomic E-state index is 12.6. The first-order chi connectivity index (χ1) is 14.1. The molecule has 0 spiro atoms. The quantitative estimate of drug-likeness (QED) is 0.544. The van der Waals surface area contributed by atoms with Gasteiger partial charge in [0.25, 0.3) is 5.91 Å². The Hall–Kier alpha value is -3.80. The second kappa shape index (κ2) is 7.67. The molecule has 29 heavy (non-hydrogen) atoms. The zero-order valence-electron chi connectivity index (χ0n) is 16.5. The van der Waals surface area contributed by atoms with E-state index in [9.17, 15) is 4.79 Å². The van der Waals surface area contributed by atoms with Crippen molar-refractivity contribution in [2.45, 2.75) is 6.92 Å². The van der Waals surface area contributed by atoms with Crippen molar-refractivity contribution in [1.29, 1.82) is 0 Å². The molecular weight excluding hydrogens is 366 g/mol. The molecule has 2 aromatic heterocycles. The van der Waals surface area contributed by atoms with Crippen LogP contribution in [0.25, 0.3) is 16.9 Å². The van der Waals surface area contributed by atoms with Gasteiger partial charge in [0.2, 0.25) is 0 Å². The number of rotatable bonds is 5. The van der Waals surface area contributed by atoms with Crippen LogP contribution in [0, 0.1) is 6.92 Å². The Labute approximate surface area is 168 Å². The summed E-state index contributed by atoms with van der Waals surface area (Å²) >= 11 is 0. The van der Waals surface area contributed by atoms with Crippen LogP contribution in [0.4, 0.5) is 5.69 Å². The molecule has 146 valence electrons. The van der Waals surface area contributed by atoms with Gasteiger partial charge in [-0.25, -0.2) is 4.98 Å². The Morgan fingerprint density at radius 2 is 1.72 bits per heavy atom. The van der Waals surface area contributed by atoms with E-state index in [1.807, 2.05) is 53.9 Å². The highest BCUT2D eigenvalue weighted by molar-refractivity contribution is 6.04. The van der Waals surface area contributed by atoms with Gasteiger partial charge in [0.1, 0.15) is 17.1 Å². The van der Waals surface area contributed by atoms with Gasteiger partial charge in [-0.3, -0.25) is 4.79 Å². The summed E-state index contributed by atoms with van der Waals surface area (Å²) in [5.41, 5.74) is 4.92. The Morgan fingerprint density at radius 3 is 2.45 bits per heavy atom. The molecule has 0 saturated heterocycles. The summed E-state index contributed by atoms with van der Waals surface area (Å²) in [7, 11) is 3.22. The van der Waals surface area contributed by atoms with Crippen molar-refractivity contribution in [3.8, 4) is 22.8 Å². The number of anilines is 1. The predicted octanol–water partition coefficient (Wildman–Crippen LogP) is 4.58. The van der Waals surface area contributed by atoms with Crippen LogP contribution in [0.3, 0.4) is 0 Å². The maximum atomic E-state index is 12.6. The molecule has 0 atom stereocenters. The highest BCUT2D eigenvalue weighted by atomic mass is 16.5. The van der Waals surface area contributed by atoms with Crippen LogP contribution in [-0.4, -0.2) is 29.5 Å². The van der Waals surface area contributed by atoms with Crippen LogP contribution in [0.2, 0.25) is 0 Å². The second-order valence-corrected chi connectivity index (χ2v) is 6.61. The Morgan fingerprint density at radius 1 is 0.966 bits per heavy atom. The van der Waals surface area contributed by atoms with E-state index in [1.165, 1.54) is 0 Å². The standard InChI is InChI=1S/C23H21N3O3/c1-15-22(16-7-10-19(28-2)11-8-16)25-21-12-9-18(14-26(15)21)24-23(27)17-5-4-6-20(13-17)29-3/h4-14H,1-3H3,(H,24,27). The molecule has 4 aromatic rings. The molecule has 0 saturated carbocycles. The van der Waals surface area contributed by atoms with Gasteiger partial charge in [0, 0.05) is 23.0 Å². The van der Waals surface area contributed by atoms with E-state index in [4.69, 9.17) is 14.5 Å². The first-order valence-corrected chi connectivity index (χ1v) is 9.17. The molecule has 0 unspecified atom stereocenters. The largest absolute Gasteiger partial charge is 0.497 e. The molecule has 2 heterocycles. The van der Waals surface area contributed by atoms with Gasteiger partial charge in [0.05, 0.1) is 25.6 Å². The highest BCUT2D eigenvalue weighted by Gasteiger charge is 2.13. The van der Waals surface area contributed by atoms with E-state index in [1.54, 1.807) is 38.5 Å². The number of fused-ring (bicyclic) bond motifs is 1. The van der Waals surface area contributed by atoms with Crippen molar-refractivity contribution in [3.63, 3.8) is 0 Å². The topological polar surface area (TPSA) is 64.9 Å². The van der Waals surface area contributed by atoms with Crippen LogP contribution in [0.5, 0.6) is 11.5 Å². The summed E-state index contributed by atoms with van der Waals surface area (Å²) in [6, 6.07) is 18.6. The van der Waals surface area contributed by atoms with Crippen molar-refractivity contribution in [3.05, 3.63) is 78.1 Å². The third-order valence-electron chi connectivity index (χ3n) is 4.81. The molecule has 0 aliphatic rings. The van der Waals surface area contributed by atoms with Gasteiger partial charge < -0.3 is 19.2 Å². The third-order valence-corrected chi connectivity index (χ3v) is 4.81. The number of amides is 1. The molecule has 0 bridgehead atoms. The summed E-state index contributed by atoms with van der Waals surface area (Å²) in [5, 5.41) is 2.93. The lowest BCUT2D eigenvalue weighted by Crippen LogP contribution is -2.12.